The van der Waals surface area contributed by atoms with Crippen LogP contribution >= 0.6 is 0 Å². The van der Waals surface area contributed by atoms with Gasteiger partial charge in [-0.1, -0.05) is 6.92 Å². The van der Waals surface area contributed by atoms with Crippen molar-refractivity contribution in [3.8, 4) is 5.75 Å². The number of nitrogens with one attached hydrogen (secondary N) is 1. The van der Waals surface area contributed by atoms with Crippen molar-refractivity contribution in [3.05, 3.63) is 29.5 Å². The Labute approximate surface area is 206 Å². The van der Waals surface area contributed by atoms with Crippen LogP contribution in [0.2, 0.25) is 0 Å². The van der Waals surface area contributed by atoms with Gasteiger partial charge in [0.05, 0.1) is 19.8 Å². The Hall–Kier alpha value is -2.58. The summed E-state index contributed by atoms with van der Waals surface area (Å²) in [5.74, 6) is 1.01. The van der Waals surface area contributed by atoms with Gasteiger partial charge in [0.15, 0.2) is 0 Å². The molecule has 2 saturated heterocycles. The number of H-pyrrole nitrogens is 1. The number of methoxy groups -OCH3 is 1. The summed E-state index contributed by atoms with van der Waals surface area (Å²) in [4.78, 5) is 33.9. The van der Waals surface area contributed by atoms with Crippen LogP contribution in [0.25, 0.3) is 10.9 Å². The average molecular weight is 484 g/mol. The standard InChI is InChI=1S/C27H37N3O5/c1-3-4-23(32)29-11-9-27(10-12-29)17-30(26(33)18-7-13-35-14-8-18)22(16-31)25-24(27)20-6-5-19(34-2)15-21(20)28-25/h5-6,15,18,22,28,31H,3-4,7-14,16-17H2,1-2H3/t22-/m0/s1. The molecule has 2 aromatic rings. The van der Waals surface area contributed by atoms with E-state index >= 15 is 0 Å². The summed E-state index contributed by atoms with van der Waals surface area (Å²) in [5.41, 5.74) is 2.82. The first kappa shape index (κ1) is 24.1. The maximum absolute atomic E-state index is 13.8. The van der Waals surface area contributed by atoms with Crippen molar-refractivity contribution in [3.63, 3.8) is 0 Å². The summed E-state index contributed by atoms with van der Waals surface area (Å²) in [6, 6.07) is 5.63. The van der Waals surface area contributed by atoms with Crippen molar-refractivity contribution in [1.29, 1.82) is 0 Å². The molecule has 35 heavy (non-hydrogen) atoms. The van der Waals surface area contributed by atoms with Crippen LogP contribution in [0.4, 0.5) is 0 Å². The molecule has 8 nitrogen and oxygen atoms in total. The lowest BCUT2D eigenvalue weighted by atomic mass is 9.68. The number of hydrogen-bond acceptors (Lipinski definition) is 5. The minimum Gasteiger partial charge on any atom is -0.497 e. The Bertz CT molecular complexity index is 1080. The van der Waals surface area contributed by atoms with Crippen LogP contribution in [0.5, 0.6) is 5.75 Å². The van der Waals surface area contributed by atoms with Crippen LogP contribution in [0.3, 0.4) is 0 Å². The van der Waals surface area contributed by atoms with E-state index < -0.39 is 6.04 Å². The highest BCUT2D eigenvalue weighted by atomic mass is 16.5. The van der Waals surface area contributed by atoms with E-state index in [1.165, 1.54) is 5.56 Å². The van der Waals surface area contributed by atoms with Gasteiger partial charge in [0.2, 0.25) is 11.8 Å². The summed E-state index contributed by atoms with van der Waals surface area (Å²) in [7, 11) is 1.65. The van der Waals surface area contributed by atoms with Crippen LogP contribution in [0.1, 0.15) is 62.7 Å². The number of piperidine rings is 1. The number of carbonyl (C=O) groups excluding carboxylic acids is 2. The second-order valence-electron chi connectivity index (χ2n) is 10.3. The van der Waals surface area contributed by atoms with E-state index in [-0.39, 0.29) is 29.8 Å². The Kier molecular flexibility index (Phi) is 6.77. The van der Waals surface area contributed by atoms with Crippen molar-refractivity contribution in [1.82, 2.24) is 14.8 Å². The fourth-order valence-electron chi connectivity index (χ4n) is 6.38. The molecule has 4 heterocycles. The van der Waals surface area contributed by atoms with Crippen LogP contribution < -0.4 is 4.74 Å². The van der Waals surface area contributed by atoms with Gasteiger partial charge >= 0.3 is 0 Å². The largest absolute Gasteiger partial charge is 0.497 e. The van der Waals surface area contributed by atoms with Crippen LogP contribution in [-0.2, 0) is 19.7 Å². The second kappa shape index (κ2) is 9.82. The lowest BCUT2D eigenvalue weighted by molar-refractivity contribution is -0.145. The van der Waals surface area contributed by atoms with Crippen LogP contribution in [-0.4, -0.2) is 78.3 Å². The maximum Gasteiger partial charge on any atom is 0.226 e. The molecule has 190 valence electrons. The topological polar surface area (TPSA) is 95.1 Å². The number of nitrogens with zero attached hydrogens (tertiary/aromatic N) is 2. The van der Waals surface area contributed by atoms with E-state index in [9.17, 15) is 14.7 Å². The predicted octanol–water partition coefficient (Wildman–Crippen LogP) is 3.14. The smallest absolute Gasteiger partial charge is 0.226 e. The monoisotopic (exact) mass is 483 g/mol. The Morgan fingerprint density at radius 2 is 1.97 bits per heavy atom. The van der Waals surface area contributed by atoms with Gasteiger partial charge in [-0.25, -0.2) is 0 Å². The first-order valence-corrected chi connectivity index (χ1v) is 13.0. The highest BCUT2D eigenvalue weighted by Crippen LogP contribution is 2.49. The van der Waals surface area contributed by atoms with E-state index in [1.54, 1.807) is 7.11 Å². The number of benzene rings is 1. The van der Waals surface area contributed by atoms with Gasteiger partial charge in [-0.3, -0.25) is 9.59 Å². The molecule has 0 aliphatic carbocycles. The first-order chi connectivity index (χ1) is 17.0. The summed E-state index contributed by atoms with van der Waals surface area (Å²) in [6.07, 6.45) is 4.45. The number of ether oxygens (including phenoxy) is 2. The number of likely N-dealkylation sites (tertiary alicyclic amines) is 1. The quantitative estimate of drug-likeness (QED) is 0.681. The lowest BCUT2D eigenvalue weighted by Gasteiger charge is -2.51. The fourth-order valence-corrected chi connectivity index (χ4v) is 6.38. The second-order valence-corrected chi connectivity index (χ2v) is 10.3. The molecule has 1 aromatic heterocycles. The highest BCUT2D eigenvalue weighted by molar-refractivity contribution is 5.89. The minimum absolute atomic E-state index is 0.0768. The Morgan fingerprint density at radius 3 is 2.63 bits per heavy atom. The molecule has 0 radical (unpaired) electrons. The lowest BCUT2D eigenvalue weighted by Crippen LogP contribution is -2.57. The number of carbonyl (C=O) groups is 2. The number of amides is 2. The molecule has 3 aliphatic heterocycles. The Morgan fingerprint density at radius 1 is 1.23 bits per heavy atom. The normalized spacial score (nSPS) is 22.4. The van der Waals surface area contributed by atoms with Crippen molar-refractivity contribution >= 4 is 22.7 Å². The summed E-state index contributed by atoms with van der Waals surface area (Å²) >= 11 is 0. The predicted molar refractivity (Wildman–Crippen MR) is 132 cm³/mol. The molecule has 1 atom stereocenters. The van der Waals surface area contributed by atoms with Gasteiger partial charge < -0.3 is 29.4 Å². The van der Waals surface area contributed by atoms with Crippen molar-refractivity contribution in [2.24, 2.45) is 5.92 Å². The SMILES string of the molecule is CCCC(=O)N1CCC2(CC1)CN(C(=O)C1CCOCC1)[C@@H](CO)c1[nH]c3cc(OC)ccc3c12. The molecule has 2 fully saturated rings. The van der Waals surface area contributed by atoms with Crippen molar-refractivity contribution < 1.29 is 24.2 Å². The third kappa shape index (κ3) is 4.20. The first-order valence-electron chi connectivity index (χ1n) is 13.0. The van der Waals surface area contributed by atoms with E-state index in [2.05, 4.69) is 11.1 Å². The number of hydrogen-bond donors (Lipinski definition) is 2. The molecule has 3 aliphatic rings. The molecule has 5 rings (SSSR count). The number of aromatic nitrogens is 1. The molecule has 0 bridgehead atoms. The van der Waals surface area contributed by atoms with Gasteiger partial charge in [-0.05, 0) is 49.8 Å². The number of aromatic amines is 1. The zero-order valence-electron chi connectivity index (χ0n) is 20.8. The Balaban J connectivity index is 1.56. The zero-order valence-corrected chi connectivity index (χ0v) is 20.8. The number of rotatable bonds is 5. The molecule has 2 amide bonds. The summed E-state index contributed by atoms with van der Waals surface area (Å²) in [6.45, 7) is 5.04. The van der Waals surface area contributed by atoms with Gasteiger partial charge in [0.1, 0.15) is 5.75 Å². The van der Waals surface area contributed by atoms with Gasteiger partial charge in [0.25, 0.3) is 0 Å². The van der Waals surface area contributed by atoms with Gasteiger partial charge in [0, 0.05) is 73.3 Å². The van der Waals surface area contributed by atoms with Crippen molar-refractivity contribution in [2.45, 2.75) is 56.9 Å². The fraction of sp³-hybridized carbons (Fsp3) is 0.630. The van der Waals surface area contributed by atoms with E-state index in [0.29, 0.717) is 39.3 Å². The highest BCUT2D eigenvalue weighted by Gasteiger charge is 2.49. The zero-order chi connectivity index (χ0) is 24.6. The average Bonchev–Trinajstić information content (AvgIpc) is 3.29. The van der Waals surface area contributed by atoms with E-state index in [1.807, 2.05) is 28.9 Å². The van der Waals surface area contributed by atoms with Crippen molar-refractivity contribution in [2.75, 3.05) is 46.6 Å². The number of aliphatic hydroxyl groups excluding tert-OH is 1. The van der Waals surface area contributed by atoms with Crippen LogP contribution in [0.15, 0.2) is 18.2 Å². The minimum atomic E-state index is -0.413. The molecule has 8 heteroatoms. The molecule has 0 unspecified atom stereocenters. The molecule has 0 saturated carbocycles. The molecule has 1 spiro atoms. The van der Waals surface area contributed by atoms with Gasteiger partial charge in [-0.15, -0.1) is 0 Å². The van der Waals surface area contributed by atoms with Gasteiger partial charge in [-0.2, -0.15) is 0 Å². The molecular weight excluding hydrogens is 446 g/mol. The summed E-state index contributed by atoms with van der Waals surface area (Å²) < 4.78 is 11.0. The molecule has 2 N–H and O–H groups in total. The summed E-state index contributed by atoms with van der Waals surface area (Å²) in [5, 5.41) is 11.6. The number of aliphatic hydroxyl groups is 1. The maximum atomic E-state index is 13.8. The van der Waals surface area contributed by atoms with E-state index in [0.717, 1.165) is 54.5 Å². The number of fused-ring (bicyclic) bond motifs is 4. The third-order valence-corrected chi connectivity index (χ3v) is 8.31. The molecular formula is C27H37N3O5. The third-order valence-electron chi connectivity index (χ3n) is 8.31. The van der Waals surface area contributed by atoms with E-state index in [4.69, 9.17) is 9.47 Å². The van der Waals surface area contributed by atoms with Crippen LogP contribution in [0, 0.1) is 5.92 Å². The molecule has 1 aromatic carbocycles.